The lowest BCUT2D eigenvalue weighted by Crippen LogP contribution is -2.16. The molecule has 1 fully saturated rings. The lowest BCUT2D eigenvalue weighted by Gasteiger charge is -2.29. The molecule has 14 heavy (non-hydrogen) atoms. The van der Waals surface area contributed by atoms with E-state index in [1.807, 2.05) is 0 Å². The highest BCUT2D eigenvalue weighted by atomic mass is 14.4. The summed E-state index contributed by atoms with van der Waals surface area (Å²) in [4.78, 5) is 0. The lowest BCUT2D eigenvalue weighted by molar-refractivity contribution is 0.352. The lowest BCUT2D eigenvalue weighted by atomic mass is 9.77. The summed E-state index contributed by atoms with van der Waals surface area (Å²) in [5, 5.41) is 0. The molecule has 0 saturated heterocycles. The predicted octanol–water partition coefficient (Wildman–Crippen LogP) is 4.66. The van der Waals surface area contributed by atoms with E-state index in [0.717, 1.165) is 17.8 Å². The molecule has 0 bridgehead atoms. The molecule has 0 heteroatoms. The van der Waals surface area contributed by atoms with Crippen LogP contribution < -0.4 is 0 Å². The Bertz CT molecular complexity index is 210. The van der Waals surface area contributed by atoms with Gasteiger partial charge in [-0.15, -0.1) is 0 Å². The van der Waals surface area contributed by atoms with Gasteiger partial charge in [0.1, 0.15) is 0 Å². The molecule has 0 radical (unpaired) electrons. The smallest absolute Gasteiger partial charge is 0.0145 e. The standard InChI is InChI=1S/C14H26/c1-10(2)7-12(4)14(5,6)9-13-8-11(13)3/h10-11,13H,4,7-9H2,1-3,5-6H3. The Kier molecular flexibility index (Phi) is 3.44. The topological polar surface area (TPSA) is 0 Å². The Balaban J connectivity index is 2.42. The third kappa shape index (κ3) is 3.15. The molecule has 0 N–H and O–H groups in total. The van der Waals surface area contributed by atoms with Crippen LogP contribution in [0.1, 0.15) is 53.9 Å². The van der Waals surface area contributed by atoms with Gasteiger partial charge in [-0.1, -0.05) is 46.8 Å². The number of hydrogen-bond acceptors (Lipinski definition) is 0. The van der Waals surface area contributed by atoms with Crippen molar-refractivity contribution in [1.82, 2.24) is 0 Å². The molecular weight excluding hydrogens is 168 g/mol. The van der Waals surface area contributed by atoms with Crippen LogP contribution in [0, 0.1) is 23.2 Å². The largest absolute Gasteiger partial charge is 0.0993 e. The minimum atomic E-state index is 0.361. The summed E-state index contributed by atoms with van der Waals surface area (Å²) >= 11 is 0. The van der Waals surface area contributed by atoms with Gasteiger partial charge in [-0.05, 0) is 42.4 Å². The van der Waals surface area contributed by atoms with Gasteiger partial charge >= 0.3 is 0 Å². The van der Waals surface area contributed by atoms with Crippen molar-refractivity contribution in [3.8, 4) is 0 Å². The molecule has 1 rings (SSSR count). The van der Waals surface area contributed by atoms with Crippen LogP contribution in [0.3, 0.4) is 0 Å². The molecule has 82 valence electrons. The summed E-state index contributed by atoms with van der Waals surface area (Å²) in [5.74, 6) is 2.70. The van der Waals surface area contributed by atoms with Gasteiger partial charge in [-0.2, -0.15) is 0 Å². The van der Waals surface area contributed by atoms with Crippen molar-refractivity contribution in [2.24, 2.45) is 23.2 Å². The fraction of sp³-hybridized carbons (Fsp3) is 0.857. The summed E-state index contributed by atoms with van der Waals surface area (Å²) < 4.78 is 0. The SMILES string of the molecule is C=C(CC(C)C)C(C)(C)CC1CC1C. The quantitative estimate of drug-likeness (QED) is 0.558. The van der Waals surface area contributed by atoms with Crippen LogP contribution in [-0.2, 0) is 0 Å². The Labute approximate surface area is 89.8 Å². The van der Waals surface area contributed by atoms with Crippen molar-refractivity contribution in [3.63, 3.8) is 0 Å². The van der Waals surface area contributed by atoms with E-state index < -0.39 is 0 Å². The van der Waals surface area contributed by atoms with Gasteiger partial charge in [-0.3, -0.25) is 0 Å². The minimum absolute atomic E-state index is 0.361. The van der Waals surface area contributed by atoms with E-state index >= 15 is 0 Å². The highest BCUT2D eigenvalue weighted by Gasteiger charge is 2.37. The number of rotatable bonds is 5. The molecule has 1 aliphatic rings. The maximum absolute atomic E-state index is 4.27. The zero-order valence-electron chi connectivity index (χ0n) is 10.6. The second-order valence-electron chi connectivity index (χ2n) is 6.26. The second-order valence-corrected chi connectivity index (χ2v) is 6.26. The normalized spacial score (nSPS) is 26.7. The third-order valence-corrected chi connectivity index (χ3v) is 3.66. The summed E-state index contributed by atoms with van der Waals surface area (Å²) in [6, 6.07) is 0. The first-order chi connectivity index (χ1) is 6.33. The summed E-state index contributed by atoms with van der Waals surface area (Å²) in [6.07, 6.45) is 3.98. The molecule has 0 aromatic rings. The van der Waals surface area contributed by atoms with Crippen LogP contribution in [-0.4, -0.2) is 0 Å². The molecule has 0 spiro atoms. The van der Waals surface area contributed by atoms with Crippen molar-refractivity contribution in [2.45, 2.75) is 53.9 Å². The molecule has 0 aliphatic heterocycles. The molecule has 2 unspecified atom stereocenters. The molecule has 0 heterocycles. The minimum Gasteiger partial charge on any atom is -0.0993 e. The highest BCUT2D eigenvalue weighted by Crippen LogP contribution is 2.48. The fourth-order valence-corrected chi connectivity index (χ4v) is 2.25. The van der Waals surface area contributed by atoms with E-state index in [2.05, 4.69) is 41.2 Å². The van der Waals surface area contributed by atoms with Gasteiger partial charge in [-0.25, -0.2) is 0 Å². The molecule has 2 atom stereocenters. The maximum Gasteiger partial charge on any atom is -0.0145 e. The molecular formula is C14H26. The van der Waals surface area contributed by atoms with Crippen molar-refractivity contribution >= 4 is 0 Å². The Morgan fingerprint density at radius 1 is 1.43 bits per heavy atom. The van der Waals surface area contributed by atoms with Gasteiger partial charge in [0.05, 0.1) is 0 Å². The zero-order valence-corrected chi connectivity index (χ0v) is 10.6. The molecule has 0 aromatic heterocycles. The van der Waals surface area contributed by atoms with Crippen molar-refractivity contribution in [3.05, 3.63) is 12.2 Å². The van der Waals surface area contributed by atoms with Gasteiger partial charge < -0.3 is 0 Å². The van der Waals surface area contributed by atoms with E-state index in [9.17, 15) is 0 Å². The van der Waals surface area contributed by atoms with E-state index in [1.54, 1.807) is 0 Å². The van der Waals surface area contributed by atoms with Crippen molar-refractivity contribution in [2.75, 3.05) is 0 Å². The third-order valence-electron chi connectivity index (χ3n) is 3.66. The maximum atomic E-state index is 4.27. The van der Waals surface area contributed by atoms with Crippen LogP contribution in [0.15, 0.2) is 12.2 Å². The molecule has 0 amide bonds. The summed E-state index contributed by atoms with van der Waals surface area (Å²) in [5.41, 5.74) is 1.81. The number of hydrogen-bond donors (Lipinski definition) is 0. The average Bonchev–Trinajstić information content (AvgIpc) is 2.63. The number of allylic oxidation sites excluding steroid dienone is 1. The average molecular weight is 194 g/mol. The van der Waals surface area contributed by atoms with Crippen LogP contribution in [0.25, 0.3) is 0 Å². The monoisotopic (exact) mass is 194 g/mol. The Morgan fingerprint density at radius 3 is 2.29 bits per heavy atom. The fourth-order valence-electron chi connectivity index (χ4n) is 2.25. The highest BCUT2D eigenvalue weighted by molar-refractivity contribution is 5.09. The van der Waals surface area contributed by atoms with Gasteiger partial charge in [0.25, 0.3) is 0 Å². The van der Waals surface area contributed by atoms with E-state index in [0.29, 0.717) is 5.41 Å². The first kappa shape index (κ1) is 11.8. The summed E-state index contributed by atoms with van der Waals surface area (Å²) in [6.45, 7) is 15.9. The van der Waals surface area contributed by atoms with Gasteiger partial charge in [0.2, 0.25) is 0 Å². The molecule has 0 aromatic carbocycles. The van der Waals surface area contributed by atoms with E-state index in [1.165, 1.54) is 24.8 Å². The van der Waals surface area contributed by atoms with Crippen LogP contribution >= 0.6 is 0 Å². The summed E-state index contributed by atoms with van der Waals surface area (Å²) in [7, 11) is 0. The van der Waals surface area contributed by atoms with Gasteiger partial charge in [0, 0.05) is 0 Å². The molecule has 1 aliphatic carbocycles. The first-order valence-electron chi connectivity index (χ1n) is 6.01. The van der Waals surface area contributed by atoms with E-state index in [-0.39, 0.29) is 0 Å². The second kappa shape index (κ2) is 4.08. The zero-order chi connectivity index (χ0) is 10.9. The van der Waals surface area contributed by atoms with Crippen molar-refractivity contribution in [1.29, 1.82) is 0 Å². The Hall–Kier alpha value is -0.260. The first-order valence-corrected chi connectivity index (χ1v) is 6.01. The van der Waals surface area contributed by atoms with Crippen LogP contribution in [0.2, 0.25) is 0 Å². The van der Waals surface area contributed by atoms with Gasteiger partial charge in [0.15, 0.2) is 0 Å². The molecule has 0 nitrogen and oxygen atoms in total. The predicted molar refractivity (Wildman–Crippen MR) is 64.3 cm³/mol. The molecule has 1 saturated carbocycles. The Morgan fingerprint density at radius 2 is 1.93 bits per heavy atom. The van der Waals surface area contributed by atoms with Crippen molar-refractivity contribution < 1.29 is 0 Å². The van der Waals surface area contributed by atoms with Crippen LogP contribution in [0.5, 0.6) is 0 Å². The van der Waals surface area contributed by atoms with E-state index in [4.69, 9.17) is 0 Å². The van der Waals surface area contributed by atoms with Crippen LogP contribution in [0.4, 0.5) is 0 Å².